The van der Waals surface area contributed by atoms with Crippen LogP contribution in [0.5, 0.6) is 5.88 Å². The summed E-state index contributed by atoms with van der Waals surface area (Å²) in [5.41, 5.74) is 2.17. The summed E-state index contributed by atoms with van der Waals surface area (Å²) in [7, 11) is 7.53. The van der Waals surface area contributed by atoms with Gasteiger partial charge in [0.25, 0.3) is 0 Å². The Balaban J connectivity index is 1.77. The summed E-state index contributed by atoms with van der Waals surface area (Å²) in [4.78, 5) is 33.2. The maximum absolute atomic E-state index is 12.0. The lowest BCUT2D eigenvalue weighted by molar-refractivity contribution is -0.384. The van der Waals surface area contributed by atoms with Gasteiger partial charge in [-0.3, -0.25) is 10.1 Å². The fourth-order valence-corrected chi connectivity index (χ4v) is 4.08. The second kappa shape index (κ2) is 11.2. The van der Waals surface area contributed by atoms with E-state index in [9.17, 15) is 10.1 Å². The minimum Gasteiger partial charge on any atom is -0.473 e. The van der Waals surface area contributed by atoms with E-state index in [-0.39, 0.29) is 35.1 Å². The number of fused-ring (bicyclic) bond motifs is 1. The van der Waals surface area contributed by atoms with Crippen molar-refractivity contribution in [1.82, 2.24) is 29.4 Å². The topological polar surface area (TPSA) is 127 Å². The molecule has 12 nitrogen and oxygen atoms in total. The molecule has 4 rings (SSSR count). The van der Waals surface area contributed by atoms with Gasteiger partial charge in [-0.2, -0.15) is 4.98 Å². The molecule has 0 radical (unpaired) electrons. The molecule has 0 bridgehead atoms. The molecule has 0 atom stereocenters. The maximum atomic E-state index is 12.0. The average Bonchev–Trinajstić information content (AvgIpc) is 3.20. The number of pyridine rings is 2. The van der Waals surface area contributed by atoms with Gasteiger partial charge in [-0.1, -0.05) is 11.6 Å². The molecule has 0 fully saturated rings. The standard InChI is InChI=1S/C25H30ClN9O3/c1-15(2)38-24-19(12-20(35(36)37)23(31-24)33(5)11-10-32(3)4)29-25-28-13-18(26)21(30-25)17-14-34(6)22-16(17)8-7-9-27-22/h7-9,12-15H,10-11H2,1-6H3,(H,28,29,30). The molecule has 0 amide bonds. The molecule has 0 aromatic carbocycles. The van der Waals surface area contributed by atoms with Crippen molar-refractivity contribution in [3.8, 4) is 17.1 Å². The summed E-state index contributed by atoms with van der Waals surface area (Å²) in [5, 5.41) is 16.3. The van der Waals surface area contributed by atoms with Crippen LogP contribution in [-0.4, -0.2) is 74.7 Å². The zero-order chi connectivity index (χ0) is 27.6. The largest absolute Gasteiger partial charge is 0.473 e. The van der Waals surface area contributed by atoms with Crippen molar-refractivity contribution in [2.75, 3.05) is 44.4 Å². The van der Waals surface area contributed by atoms with E-state index in [1.807, 2.05) is 62.8 Å². The lowest BCUT2D eigenvalue weighted by Crippen LogP contribution is -2.29. The van der Waals surface area contributed by atoms with Gasteiger partial charge < -0.3 is 24.4 Å². The van der Waals surface area contributed by atoms with Crippen LogP contribution in [0.1, 0.15) is 13.8 Å². The number of likely N-dealkylation sites (N-methyl/N-ethyl adjacent to an activating group) is 2. The maximum Gasteiger partial charge on any atom is 0.313 e. The third kappa shape index (κ3) is 5.76. The molecule has 0 aliphatic rings. The summed E-state index contributed by atoms with van der Waals surface area (Å²) >= 11 is 6.50. The minimum absolute atomic E-state index is 0.167. The van der Waals surface area contributed by atoms with E-state index < -0.39 is 4.92 Å². The Morgan fingerprint density at radius 1 is 1.21 bits per heavy atom. The van der Waals surface area contributed by atoms with Crippen LogP contribution in [0, 0.1) is 10.1 Å². The van der Waals surface area contributed by atoms with Gasteiger partial charge in [0.1, 0.15) is 11.3 Å². The molecule has 4 aromatic heterocycles. The highest BCUT2D eigenvalue weighted by Gasteiger charge is 2.25. The first-order chi connectivity index (χ1) is 18.0. The monoisotopic (exact) mass is 539 g/mol. The number of hydrogen-bond acceptors (Lipinski definition) is 10. The van der Waals surface area contributed by atoms with Gasteiger partial charge in [-0.25, -0.2) is 15.0 Å². The Morgan fingerprint density at radius 2 is 1.97 bits per heavy atom. The van der Waals surface area contributed by atoms with E-state index in [0.29, 0.717) is 23.8 Å². The highest BCUT2D eigenvalue weighted by molar-refractivity contribution is 6.33. The van der Waals surface area contributed by atoms with Crippen LogP contribution in [0.3, 0.4) is 0 Å². The molecule has 13 heteroatoms. The van der Waals surface area contributed by atoms with Crippen LogP contribution in [-0.2, 0) is 7.05 Å². The molecule has 0 saturated heterocycles. The summed E-state index contributed by atoms with van der Waals surface area (Å²) < 4.78 is 7.83. The number of aromatic nitrogens is 5. The second-order valence-electron chi connectivity index (χ2n) is 9.38. The fourth-order valence-electron chi connectivity index (χ4n) is 3.89. The number of halogens is 1. The summed E-state index contributed by atoms with van der Waals surface area (Å²) in [6.45, 7) is 4.94. The number of ether oxygens (including phenoxy) is 1. The first-order valence-corrected chi connectivity index (χ1v) is 12.3. The van der Waals surface area contributed by atoms with Crippen molar-refractivity contribution < 1.29 is 9.66 Å². The molecule has 0 spiro atoms. The van der Waals surface area contributed by atoms with E-state index in [4.69, 9.17) is 16.3 Å². The Bertz CT molecular complexity index is 1470. The molecule has 0 unspecified atom stereocenters. The lowest BCUT2D eigenvalue weighted by Gasteiger charge is -2.22. The molecular weight excluding hydrogens is 510 g/mol. The molecule has 200 valence electrons. The number of nitro groups is 1. The Morgan fingerprint density at radius 3 is 2.66 bits per heavy atom. The fraction of sp³-hybridized carbons (Fsp3) is 0.360. The smallest absolute Gasteiger partial charge is 0.313 e. The Hall–Kier alpha value is -4.03. The molecule has 4 aromatic rings. The van der Waals surface area contributed by atoms with Gasteiger partial charge in [-0.05, 0) is 40.1 Å². The average molecular weight is 540 g/mol. The van der Waals surface area contributed by atoms with Gasteiger partial charge in [0.05, 0.1) is 27.9 Å². The van der Waals surface area contributed by atoms with E-state index >= 15 is 0 Å². The van der Waals surface area contributed by atoms with Gasteiger partial charge in [0.2, 0.25) is 17.6 Å². The quantitative estimate of drug-likeness (QED) is 0.227. The highest BCUT2D eigenvalue weighted by atomic mass is 35.5. The molecule has 4 heterocycles. The lowest BCUT2D eigenvalue weighted by atomic mass is 10.1. The summed E-state index contributed by atoms with van der Waals surface area (Å²) in [5.74, 6) is 0.592. The van der Waals surface area contributed by atoms with Crippen molar-refractivity contribution in [3.63, 3.8) is 0 Å². The van der Waals surface area contributed by atoms with E-state index in [0.717, 1.165) is 16.6 Å². The molecule has 0 aliphatic heterocycles. The van der Waals surface area contributed by atoms with Gasteiger partial charge in [0, 0.05) is 56.6 Å². The SMILES string of the molecule is CC(C)Oc1nc(N(C)CCN(C)C)c([N+](=O)[O-])cc1Nc1ncc(Cl)c(-c2cn(C)c3ncccc23)n1. The molecule has 0 aliphatic carbocycles. The van der Waals surface area contributed by atoms with Crippen LogP contribution >= 0.6 is 11.6 Å². The molecular formula is C25H30ClN9O3. The Labute approximate surface area is 225 Å². The zero-order valence-electron chi connectivity index (χ0n) is 22.1. The third-order valence-electron chi connectivity index (χ3n) is 5.72. The van der Waals surface area contributed by atoms with Crippen LogP contribution in [0.15, 0.2) is 36.8 Å². The first-order valence-electron chi connectivity index (χ1n) is 12.0. The number of nitrogens with one attached hydrogen (secondary N) is 1. The van der Waals surface area contributed by atoms with Crippen molar-refractivity contribution in [2.24, 2.45) is 7.05 Å². The molecule has 1 N–H and O–H groups in total. The van der Waals surface area contributed by atoms with Crippen molar-refractivity contribution in [3.05, 3.63) is 51.9 Å². The zero-order valence-corrected chi connectivity index (χ0v) is 22.9. The predicted octanol–water partition coefficient (Wildman–Crippen LogP) is 4.52. The highest BCUT2D eigenvalue weighted by Crippen LogP contribution is 2.37. The van der Waals surface area contributed by atoms with Gasteiger partial charge in [0.15, 0.2) is 0 Å². The number of aryl methyl sites for hydroxylation is 1. The minimum atomic E-state index is -0.462. The van der Waals surface area contributed by atoms with Crippen LogP contribution in [0.4, 0.5) is 23.1 Å². The van der Waals surface area contributed by atoms with Gasteiger partial charge >= 0.3 is 5.69 Å². The normalized spacial score (nSPS) is 11.4. The first kappa shape index (κ1) is 27.0. The van der Waals surface area contributed by atoms with Crippen LogP contribution in [0.2, 0.25) is 5.02 Å². The number of hydrogen-bond donors (Lipinski definition) is 1. The van der Waals surface area contributed by atoms with Crippen molar-refractivity contribution >= 4 is 45.8 Å². The number of anilines is 3. The predicted molar refractivity (Wildman–Crippen MR) is 149 cm³/mol. The van der Waals surface area contributed by atoms with E-state index in [1.54, 1.807) is 18.1 Å². The number of nitrogens with zero attached hydrogens (tertiary/aromatic N) is 8. The van der Waals surface area contributed by atoms with Crippen molar-refractivity contribution in [2.45, 2.75) is 20.0 Å². The van der Waals surface area contributed by atoms with E-state index in [1.165, 1.54) is 12.3 Å². The third-order valence-corrected chi connectivity index (χ3v) is 5.99. The molecule has 0 saturated carbocycles. The van der Waals surface area contributed by atoms with E-state index in [2.05, 4.69) is 25.3 Å². The van der Waals surface area contributed by atoms with Crippen molar-refractivity contribution in [1.29, 1.82) is 0 Å². The van der Waals surface area contributed by atoms with Crippen LogP contribution < -0.4 is 15.0 Å². The summed E-state index contributed by atoms with van der Waals surface area (Å²) in [6.07, 6.45) is 4.87. The molecule has 38 heavy (non-hydrogen) atoms. The number of rotatable bonds is 10. The summed E-state index contributed by atoms with van der Waals surface area (Å²) in [6, 6.07) is 5.18. The van der Waals surface area contributed by atoms with Crippen LogP contribution in [0.25, 0.3) is 22.3 Å². The Kier molecular flexibility index (Phi) is 7.93. The second-order valence-corrected chi connectivity index (χ2v) is 9.78. The van der Waals surface area contributed by atoms with Gasteiger partial charge in [-0.15, -0.1) is 0 Å².